The van der Waals surface area contributed by atoms with Gasteiger partial charge in [-0.05, 0) is 30.7 Å². The molecule has 2 aromatic heterocycles. The van der Waals surface area contributed by atoms with Gasteiger partial charge in [-0.2, -0.15) is 0 Å². The molecule has 27 heavy (non-hydrogen) atoms. The number of benzene rings is 2. The molecule has 0 saturated carbocycles. The fraction of sp³-hybridized carbons (Fsp3) is 0.0870. The molecule has 1 amide bonds. The molecule has 0 atom stereocenters. The highest BCUT2D eigenvalue weighted by molar-refractivity contribution is 6.07. The molecule has 0 aliphatic carbocycles. The topological polar surface area (TPSA) is 54.9 Å². The van der Waals surface area contributed by atoms with Crippen LogP contribution in [0.15, 0.2) is 79.0 Å². The van der Waals surface area contributed by atoms with Gasteiger partial charge in [0.05, 0.1) is 29.0 Å². The first-order valence-corrected chi connectivity index (χ1v) is 8.86. The van der Waals surface area contributed by atoms with Gasteiger partial charge in [-0.15, -0.1) is 0 Å². The third kappa shape index (κ3) is 3.55. The molecule has 4 heteroatoms. The minimum Gasteiger partial charge on any atom is -0.346 e. The Hall–Kier alpha value is -3.53. The Kier molecular flexibility index (Phi) is 4.62. The summed E-state index contributed by atoms with van der Waals surface area (Å²) in [5.74, 6) is -0.129. The number of nitrogens with one attached hydrogen (secondary N) is 1. The number of aromatic nitrogens is 2. The van der Waals surface area contributed by atoms with Crippen molar-refractivity contribution in [3.63, 3.8) is 0 Å². The van der Waals surface area contributed by atoms with Crippen LogP contribution in [0.1, 0.15) is 21.6 Å². The number of hydrogen-bond acceptors (Lipinski definition) is 3. The Morgan fingerprint density at radius 3 is 2.56 bits per heavy atom. The maximum absolute atomic E-state index is 13.0. The predicted molar refractivity (Wildman–Crippen MR) is 107 cm³/mol. The summed E-state index contributed by atoms with van der Waals surface area (Å²) in [6.45, 7) is 2.40. The molecule has 0 saturated heterocycles. The van der Waals surface area contributed by atoms with Gasteiger partial charge in [-0.25, -0.2) is 4.98 Å². The fourth-order valence-corrected chi connectivity index (χ4v) is 3.11. The van der Waals surface area contributed by atoms with Gasteiger partial charge < -0.3 is 5.32 Å². The molecule has 2 heterocycles. The summed E-state index contributed by atoms with van der Waals surface area (Å²) in [6.07, 6.45) is 1.72. The van der Waals surface area contributed by atoms with Gasteiger partial charge in [0, 0.05) is 17.1 Å². The Bertz CT molecular complexity index is 1090. The molecule has 0 aliphatic rings. The third-order valence-corrected chi connectivity index (χ3v) is 4.51. The Morgan fingerprint density at radius 1 is 0.963 bits per heavy atom. The summed E-state index contributed by atoms with van der Waals surface area (Å²) in [6, 6.07) is 23.4. The largest absolute Gasteiger partial charge is 0.346 e. The zero-order valence-electron chi connectivity index (χ0n) is 15.0. The number of hydrogen-bond donors (Lipinski definition) is 1. The normalized spacial score (nSPS) is 10.7. The highest BCUT2D eigenvalue weighted by Crippen LogP contribution is 2.26. The zero-order valence-corrected chi connectivity index (χ0v) is 15.0. The second kappa shape index (κ2) is 7.38. The number of fused-ring (bicyclic) bond motifs is 1. The van der Waals surface area contributed by atoms with E-state index < -0.39 is 0 Å². The first-order chi connectivity index (χ1) is 13.2. The summed E-state index contributed by atoms with van der Waals surface area (Å²) >= 11 is 0. The molecule has 132 valence electrons. The summed E-state index contributed by atoms with van der Waals surface area (Å²) < 4.78 is 0. The van der Waals surface area contributed by atoms with Gasteiger partial charge in [-0.3, -0.25) is 9.78 Å². The van der Waals surface area contributed by atoms with Crippen molar-refractivity contribution in [2.75, 3.05) is 0 Å². The first-order valence-electron chi connectivity index (χ1n) is 8.86. The van der Waals surface area contributed by atoms with Gasteiger partial charge in [0.2, 0.25) is 0 Å². The lowest BCUT2D eigenvalue weighted by Crippen LogP contribution is -2.23. The van der Waals surface area contributed by atoms with E-state index in [4.69, 9.17) is 4.98 Å². The SMILES string of the molecule is Cc1cccc2c(C(=O)NCc3ccccn3)cc(-c3ccccc3)nc12. The van der Waals surface area contributed by atoms with Gasteiger partial charge in [0.15, 0.2) is 0 Å². The van der Waals surface area contributed by atoms with Crippen LogP contribution in [0.2, 0.25) is 0 Å². The van der Waals surface area contributed by atoms with Crippen LogP contribution in [0.5, 0.6) is 0 Å². The molecule has 0 fully saturated rings. The molecule has 4 aromatic rings. The second-order valence-corrected chi connectivity index (χ2v) is 6.40. The fourth-order valence-electron chi connectivity index (χ4n) is 3.11. The molecule has 4 nitrogen and oxygen atoms in total. The molecule has 4 rings (SSSR count). The van der Waals surface area contributed by atoms with E-state index in [2.05, 4.69) is 10.3 Å². The molecule has 1 N–H and O–H groups in total. The minimum atomic E-state index is -0.129. The number of nitrogens with zero attached hydrogens (tertiary/aromatic N) is 2. The van der Waals surface area contributed by atoms with E-state index in [0.29, 0.717) is 12.1 Å². The number of pyridine rings is 2. The third-order valence-electron chi connectivity index (χ3n) is 4.51. The standard InChI is InChI=1S/C23H19N3O/c1-16-8-7-12-19-20(23(27)25-15-18-11-5-6-13-24-18)14-21(26-22(16)19)17-9-3-2-4-10-17/h2-14H,15H2,1H3,(H,25,27). The summed E-state index contributed by atoms with van der Waals surface area (Å²) in [7, 11) is 0. The first kappa shape index (κ1) is 16.9. The van der Waals surface area contributed by atoms with Crippen molar-refractivity contribution >= 4 is 16.8 Å². The van der Waals surface area contributed by atoms with Gasteiger partial charge in [0.1, 0.15) is 0 Å². The second-order valence-electron chi connectivity index (χ2n) is 6.40. The van der Waals surface area contributed by atoms with Crippen molar-refractivity contribution in [3.8, 4) is 11.3 Å². The van der Waals surface area contributed by atoms with Crippen LogP contribution in [0.25, 0.3) is 22.2 Å². The van der Waals surface area contributed by atoms with Gasteiger partial charge in [-0.1, -0.05) is 54.6 Å². The van der Waals surface area contributed by atoms with E-state index in [9.17, 15) is 4.79 Å². The molecule has 2 aromatic carbocycles. The number of carbonyl (C=O) groups is 1. The summed E-state index contributed by atoms with van der Waals surface area (Å²) in [5.41, 5.74) is 5.12. The monoisotopic (exact) mass is 353 g/mol. The van der Waals surface area contributed by atoms with Crippen LogP contribution in [0, 0.1) is 6.92 Å². The Balaban J connectivity index is 1.76. The van der Waals surface area contributed by atoms with Gasteiger partial charge >= 0.3 is 0 Å². The lowest BCUT2D eigenvalue weighted by atomic mass is 10.0. The van der Waals surface area contributed by atoms with Crippen LogP contribution in [-0.2, 0) is 6.54 Å². The van der Waals surface area contributed by atoms with Crippen molar-refractivity contribution in [2.24, 2.45) is 0 Å². The highest BCUT2D eigenvalue weighted by atomic mass is 16.1. The van der Waals surface area contributed by atoms with E-state index in [-0.39, 0.29) is 5.91 Å². The molecule has 0 unspecified atom stereocenters. The van der Waals surface area contributed by atoms with Crippen molar-refractivity contribution in [2.45, 2.75) is 13.5 Å². The smallest absolute Gasteiger partial charge is 0.252 e. The van der Waals surface area contributed by atoms with Crippen molar-refractivity contribution < 1.29 is 4.79 Å². The Labute approximate surface area is 157 Å². The predicted octanol–water partition coefficient (Wildman–Crippen LogP) is 4.54. The van der Waals surface area contributed by atoms with Crippen LogP contribution < -0.4 is 5.32 Å². The van der Waals surface area contributed by atoms with E-state index in [0.717, 1.165) is 33.4 Å². The molecule has 0 spiro atoms. The molecule has 0 bridgehead atoms. The average Bonchev–Trinajstić information content (AvgIpc) is 2.73. The van der Waals surface area contributed by atoms with E-state index >= 15 is 0 Å². The molecular formula is C23H19N3O. The van der Waals surface area contributed by atoms with Crippen molar-refractivity contribution in [1.29, 1.82) is 0 Å². The van der Waals surface area contributed by atoms with Crippen LogP contribution in [0.3, 0.4) is 0 Å². The zero-order chi connectivity index (χ0) is 18.6. The van der Waals surface area contributed by atoms with Crippen LogP contribution >= 0.6 is 0 Å². The maximum Gasteiger partial charge on any atom is 0.252 e. The summed E-state index contributed by atoms with van der Waals surface area (Å²) in [5, 5.41) is 3.83. The maximum atomic E-state index is 13.0. The lowest BCUT2D eigenvalue weighted by molar-refractivity contribution is 0.0952. The number of carbonyl (C=O) groups excluding carboxylic acids is 1. The van der Waals surface area contributed by atoms with Crippen LogP contribution in [-0.4, -0.2) is 15.9 Å². The molecule has 0 radical (unpaired) electrons. The lowest BCUT2D eigenvalue weighted by Gasteiger charge is -2.12. The van der Waals surface area contributed by atoms with Crippen LogP contribution in [0.4, 0.5) is 0 Å². The number of aryl methyl sites for hydroxylation is 1. The van der Waals surface area contributed by atoms with Crippen molar-refractivity contribution in [3.05, 3.63) is 95.8 Å². The summed E-state index contributed by atoms with van der Waals surface area (Å²) in [4.78, 5) is 22.0. The molecule has 0 aliphatic heterocycles. The highest BCUT2D eigenvalue weighted by Gasteiger charge is 2.15. The molecular weight excluding hydrogens is 334 g/mol. The van der Waals surface area contributed by atoms with E-state index in [1.165, 1.54) is 0 Å². The van der Waals surface area contributed by atoms with E-state index in [1.54, 1.807) is 6.20 Å². The van der Waals surface area contributed by atoms with Gasteiger partial charge in [0.25, 0.3) is 5.91 Å². The number of rotatable bonds is 4. The number of amides is 1. The Morgan fingerprint density at radius 2 is 1.78 bits per heavy atom. The van der Waals surface area contributed by atoms with Crippen molar-refractivity contribution in [1.82, 2.24) is 15.3 Å². The average molecular weight is 353 g/mol. The number of para-hydroxylation sites is 1. The quantitative estimate of drug-likeness (QED) is 0.586. The van der Waals surface area contributed by atoms with E-state index in [1.807, 2.05) is 79.7 Å². The minimum absolute atomic E-state index is 0.129.